The smallest absolute Gasteiger partial charge is 0.404 e. The normalized spacial score (nSPS) is 14.5. The number of fused-ring (bicyclic) bond motifs is 1. The maximum Gasteiger partial charge on any atom is 0.404 e. The minimum atomic E-state index is -1.06. The summed E-state index contributed by atoms with van der Waals surface area (Å²) in [4.78, 5) is 28.9. The van der Waals surface area contributed by atoms with Crippen molar-refractivity contribution in [2.24, 2.45) is 0 Å². The summed E-state index contributed by atoms with van der Waals surface area (Å²) < 4.78 is 0. The molecule has 1 aromatic carbocycles. The van der Waals surface area contributed by atoms with E-state index < -0.39 is 6.09 Å². The molecular formula is C16H17ClN4O3. The second-order valence-electron chi connectivity index (χ2n) is 5.54. The number of carbonyl (C=O) groups excluding carboxylic acids is 1. The number of nitrogens with one attached hydrogen (secondary N) is 2. The summed E-state index contributed by atoms with van der Waals surface area (Å²) in [6.45, 7) is 1.69. The highest BCUT2D eigenvalue weighted by atomic mass is 35.5. The molecule has 1 fully saturated rings. The van der Waals surface area contributed by atoms with Gasteiger partial charge in [-0.3, -0.25) is 4.79 Å². The zero-order valence-electron chi connectivity index (χ0n) is 12.9. The molecule has 1 aliphatic rings. The predicted molar refractivity (Wildman–Crippen MR) is 91.7 cm³/mol. The van der Waals surface area contributed by atoms with Gasteiger partial charge in [-0.15, -0.1) is 0 Å². The molecule has 24 heavy (non-hydrogen) atoms. The highest BCUT2D eigenvalue weighted by molar-refractivity contribution is 6.35. The second kappa shape index (κ2) is 6.92. The predicted octanol–water partition coefficient (Wildman–Crippen LogP) is 1.63. The van der Waals surface area contributed by atoms with Gasteiger partial charge in [0.1, 0.15) is 5.82 Å². The molecule has 2 amide bonds. The number of hydrogen-bond acceptors (Lipinski definition) is 4. The average Bonchev–Trinajstić information content (AvgIpc) is 2.54. The van der Waals surface area contributed by atoms with Gasteiger partial charge < -0.3 is 20.6 Å². The Morgan fingerprint density at radius 2 is 2.29 bits per heavy atom. The monoisotopic (exact) mass is 348 g/mol. The van der Waals surface area contributed by atoms with Gasteiger partial charge in [0, 0.05) is 25.0 Å². The zero-order chi connectivity index (χ0) is 17.1. The Morgan fingerprint density at radius 3 is 3.04 bits per heavy atom. The molecule has 0 atom stereocenters. The highest BCUT2D eigenvalue weighted by Crippen LogP contribution is 2.28. The molecule has 1 aliphatic heterocycles. The van der Waals surface area contributed by atoms with Crippen molar-refractivity contribution in [2.45, 2.75) is 6.42 Å². The fourth-order valence-electron chi connectivity index (χ4n) is 2.78. The number of amides is 2. The van der Waals surface area contributed by atoms with Gasteiger partial charge in [-0.1, -0.05) is 23.7 Å². The Bertz CT molecular complexity index is 796. The summed E-state index contributed by atoms with van der Waals surface area (Å²) in [7, 11) is 0. The number of halogens is 1. The Labute approximate surface area is 143 Å². The van der Waals surface area contributed by atoms with Gasteiger partial charge in [0.25, 0.3) is 0 Å². The molecule has 1 aromatic heterocycles. The molecule has 8 heteroatoms. The Morgan fingerprint density at radius 1 is 1.46 bits per heavy atom. The molecule has 1 saturated heterocycles. The largest absolute Gasteiger partial charge is 0.465 e. The number of benzene rings is 1. The number of pyridine rings is 1. The standard InChI is InChI=1S/C16H17ClN4O3/c17-12-3-1-2-10-8-11(4-5-19-16(23)24)15(20-14(10)12)21-7-6-18-13(22)9-21/h1-3,8,19H,4-7,9H2,(H,18,22)(H,23,24). The summed E-state index contributed by atoms with van der Waals surface area (Å²) in [5.74, 6) is 0.620. The van der Waals surface area contributed by atoms with Crippen LogP contribution >= 0.6 is 11.6 Å². The van der Waals surface area contributed by atoms with Crippen molar-refractivity contribution in [1.29, 1.82) is 0 Å². The van der Waals surface area contributed by atoms with Crippen molar-refractivity contribution in [1.82, 2.24) is 15.6 Å². The maximum absolute atomic E-state index is 11.7. The van der Waals surface area contributed by atoms with Crippen LogP contribution in [0.2, 0.25) is 5.02 Å². The number of carboxylic acid groups (broad SMARTS) is 1. The summed E-state index contributed by atoms with van der Waals surface area (Å²) in [5.41, 5.74) is 1.56. The molecule has 3 N–H and O–H groups in total. The Balaban J connectivity index is 2.00. The number of carbonyl (C=O) groups is 2. The summed E-state index contributed by atoms with van der Waals surface area (Å²) in [6, 6.07) is 7.49. The topological polar surface area (TPSA) is 94.6 Å². The van der Waals surface area contributed by atoms with E-state index in [1.165, 1.54) is 0 Å². The van der Waals surface area contributed by atoms with Crippen molar-refractivity contribution in [2.75, 3.05) is 31.1 Å². The minimum absolute atomic E-state index is 0.0584. The lowest BCUT2D eigenvalue weighted by Crippen LogP contribution is -2.48. The lowest BCUT2D eigenvalue weighted by atomic mass is 10.1. The van der Waals surface area contributed by atoms with Crippen LogP contribution in [0.4, 0.5) is 10.6 Å². The first-order valence-corrected chi connectivity index (χ1v) is 7.99. The number of aromatic nitrogens is 1. The average molecular weight is 349 g/mol. The van der Waals surface area contributed by atoms with E-state index in [2.05, 4.69) is 15.6 Å². The van der Waals surface area contributed by atoms with Crippen LogP contribution in [0.1, 0.15) is 5.56 Å². The molecule has 0 bridgehead atoms. The molecule has 3 rings (SSSR count). The first kappa shape index (κ1) is 16.3. The van der Waals surface area contributed by atoms with Crippen molar-refractivity contribution in [3.05, 3.63) is 34.9 Å². The molecule has 0 radical (unpaired) electrons. The van der Waals surface area contributed by atoms with E-state index >= 15 is 0 Å². The second-order valence-corrected chi connectivity index (χ2v) is 5.94. The van der Waals surface area contributed by atoms with Crippen LogP contribution in [-0.2, 0) is 11.2 Å². The zero-order valence-corrected chi connectivity index (χ0v) is 13.6. The summed E-state index contributed by atoms with van der Waals surface area (Å²) >= 11 is 6.24. The van der Waals surface area contributed by atoms with E-state index in [-0.39, 0.29) is 19.0 Å². The van der Waals surface area contributed by atoms with Crippen molar-refractivity contribution < 1.29 is 14.7 Å². The van der Waals surface area contributed by atoms with Gasteiger partial charge in [-0.25, -0.2) is 9.78 Å². The van der Waals surface area contributed by atoms with Gasteiger partial charge in [-0.05, 0) is 24.1 Å². The van der Waals surface area contributed by atoms with Crippen LogP contribution in [0.5, 0.6) is 0 Å². The van der Waals surface area contributed by atoms with E-state index in [4.69, 9.17) is 16.7 Å². The number of hydrogen-bond donors (Lipinski definition) is 3. The lowest BCUT2D eigenvalue weighted by Gasteiger charge is -2.29. The fourth-order valence-corrected chi connectivity index (χ4v) is 3.00. The Hall–Kier alpha value is -2.54. The Kier molecular flexibility index (Phi) is 4.71. The van der Waals surface area contributed by atoms with Crippen molar-refractivity contribution in [3.8, 4) is 0 Å². The molecule has 0 saturated carbocycles. The SMILES string of the molecule is O=C(O)NCCc1cc2cccc(Cl)c2nc1N1CCNC(=O)C1. The number of para-hydroxylation sites is 1. The van der Waals surface area contributed by atoms with Gasteiger partial charge in [-0.2, -0.15) is 0 Å². The van der Waals surface area contributed by atoms with Gasteiger partial charge >= 0.3 is 6.09 Å². The van der Waals surface area contributed by atoms with Gasteiger partial charge in [0.2, 0.25) is 5.91 Å². The quantitative estimate of drug-likeness (QED) is 0.780. The minimum Gasteiger partial charge on any atom is -0.465 e. The number of piperazine rings is 1. The molecule has 2 heterocycles. The van der Waals surface area contributed by atoms with Crippen LogP contribution in [0.15, 0.2) is 24.3 Å². The van der Waals surface area contributed by atoms with E-state index in [1.807, 2.05) is 23.1 Å². The van der Waals surface area contributed by atoms with Crippen LogP contribution < -0.4 is 15.5 Å². The summed E-state index contributed by atoms with van der Waals surface area (Å²) in [5, 5.41) is 15.3. The third-order valence-corrected chi connectivity index (χ3v) is 4.17. The fraction of sp³-hybridized carbons (Fsp3) is 0.312. The number of nitrogens with zero attached hydrogens (tertiary/aromatic N) is 2. The van der Waals surface area contributed by atoms with Gasteiger partial charge in [0.15, 0.2) is 0 Å². The van der Waals surface area contributed by atoms with E-state index in [9.17, 15) is 9.59 Å². The molecular weight excluding hydrogens is 332 g/mol. The van der Waals surface area contributed by atoms with E-state index in [0.29, 0.717) is 35.9 Å². The van der Waals surface area contributed by atoms with Crippen molar-refractivity contribution in [3.63, 3.8) is 0 Å². The molecule has 7 nitrogen and oxygen atoms in total. The molecule has 2 aromatic rings. The first-order chi connectivity index (χ1) is 11.5. The summed E-state index contributed by atoms with van der Waals surface area (Å²) in [6.07, 6.45) is -0.583. The van der Waals surface area contributed by atoms with E-state index in [0.717, 1.165) is 10.9 Å². The third kappa shape index (κ3) is 3.51. The third-order valence-electron chi connectivity index (χ3n) is 3.86. The van der Waals surface area contributed by atoms with Crippen LogP contribution in [0, 0.1) is 0 Å². The molecule has 0 spiro atoms. The van der Waals surface area contributed by atoms with Crippen LogP contribution in [0.25, 0.3) is 10.9 Å². The first-order valence-electron chi connectivity index (χ1n) is 7.61. The molecule has 126 valence electrons. The van der Waals surface area contributed by atoms with Crippen LogP contribution in [0.3, 0.4) is 0 Å². The lowest BCUT2D eigenvalue weighted by molar-refractivity contribution is -0.120. The molecule has 0 aliphatic carbocycles. The molecule has 0 unspecified atom stereocenters. The van der Waals surface area contributed by atoms with Crippen LogP contribution in [-0.4, -0.2) is 48.3 Å². The highest BCUT2D eigenvalue weighted by Gasteiger charge is 2.21. The maximum atomic E-state index is 11.7. The van der Waals surface area contributed by atoms with E-state index in [1.54, 1.807) is 6.07 Å². The number of rotatable bonds is 4. The number of anilines is 1. The van der Waals surface area contributed by atoms with Gasteiger partial charge in [0.05, 0.1) is 17.1 Å². The van der Waals surface area contributed by atoms with Crippen molar-refractivity contribution >= 4 is 40.3 Å².